The van der Waals surface area contributed by atoms with Gasteiger partial charge in [0, 0.05) is 11.8 Å². The van der Waals surface area contributed by atoms with Crippen LogP contribution in [-0.4, -0.2) is 28.0 Å². The first-order chi connectivity index (χ1) is 14.4. The first-order valence-electron chi connectivity index (χ1n) is 8.81. The van der Waals surface area contributed by atoms with Gasteiger partial charge in [-0.3, -0.25) is 9.52 Å². The van der Waals surface area contributed by atoms with Crippen molar-refractivity contribution in [3.8, 4) is 11.5 Å². The maximum Gasteiger partial charge on any atom is 0.262 e. The summed E-state index contributed by atoms with van der Waals surface area (Å²) >= 11 is 6.00. The standard InChI is InChI=1S/C21H19ClN2O5S/c1-28-16-5-4-6-17(13-16)29-14-21(25)23-15-9-11-18(12-10-15)30(26,27)24-20-8-3-2-7-19(20)22/h2-13,24H,14H2,1H3,(H,23,25). The normalized spacial score (nSPS) is 10.9. The van der Waals surface area contributed by atoms with Gasteiger partial charge in [0.15, 0.2) is 6.61 Å². The molecule has 0 fully saturated rings. The Morgan fingerprint density at radius 2 is 1.67 bits per heavy atom. The summed E-state index contributed by atoms with van der Waals surface area (Å²) in [7, 11) is -2.28. The number of benzene rings is 3. The highest BCUT2D eigenvalue weighted by atomic mass is 35.5. The summed E-state index contributed by atoms with van der Waals surface area (Å²) in [5.41, 5.74) is 0.720. The summed E-state index contributed by atoms with van der Waals surface area (Å²) in [6.45, 7) is -0.207. The topological polar surface area (TPSA) is 93.7 Å². The number of ether oxygens (including phenoxy) is 2. The molecule has 0 spiro atoms. The number of anilines is 2. The van der Waals surface area contributed by atoms with Crippen molar-refractivity contribution in [3.05, 3.63) is 77.8 Å². The summed E-state index contributed by atoms with van der Waals surface area (Å²) in [4.78, 5) is 12.1. The predicted octanol–water partition coefficient (Wildman–Crippen LogP) is 4.17. The zero-order chi connectivity index (χ0) is 21.6. The fourth-order valence-corrected chi connectivity index (χ4v) is 3.82. The molecule has 0 radical (unpaired) electrons. The molecule has 0 saturated heterocycles. The number of hydrogen-bond donors (Lipinski definition) is 2. The fourth-order valence-electron chi connectivity index (χ4n) is 2.50. The van der Waals surface area contributed by atoms with E-state index in [9.17, 15) is 13.2 Å². The van der Waals surface area contributed by atoms with Crippen LogP contribution in [0, 0.1) is 0 Å². The molecule has 0 aromatic heterocycles. The lowest BCUT2D eigenvalue weighted by Crippen LogP contribution is -2.20. The van der Waals surface area contributed by atoms with Crippen LogP contribution in [0.2, 0.25) is 5.02 Å². The second kappa shape index (κ2) is 9.51. The molecule has 0 aliphatic heterocycles. The molecule has 0 unspecified atom stereocenters. The fraction of sp³-hybridized carbons (Fsp3) is 0.0952. The van der Waals surface area contributed by atoms with Gasteiger partial charge < -0.3 is 14.8 Å². The molecule has 0 aliphatic carbocycles. The van der Waals surface area contributed by atoms with Crippen molar-refractivity contribution in [2.24, 2.45) is 0 Å². The molecule has 7 nitrogen and oxygen atoms in total. The minimum atomic E-state index is -3.82. The molecule has 0 bridgehead atoms. The van der Waals surface area contributed by atoms with Crippen molar-refractivity contribution in [3.63, 3.8) is 0 Å². The van der Waals surface area contributed by atoms with Crippen molar-refractivity contribution >= 4 is 38.9 Å². The van der Waals surface area contributed by atoms with Crippen molar-refractivity contribution in [1.82, 2.24) is 0 Å². The van der Waals surface area contributed by atoms with Crippen LogP contribution in [0.1, 0.15) is 0 Å². The molecule has 2 N–H and O–H groups in total. The van der Waals surface area contributed by atoms with E-state index in [1.165, 1.54) is 24.3 Å². The third kappa shape index (κ3) is 5.65. The van der Waals surface area contributed by atoms with Gasteiger partial charge in [0.1, 0.15) is 11.5 Å². The van der Waals surface area contributed by atoms with E-state index in [1.807, 2.05) is 0 Å². The van der Waals surface area contributed by atoms with E-state index >= 15 is 0 Å². The van der Waals surface area contributed by atoms with Gasteiger partial charge in [0.25, 0.3) is 15.9 Å². The predicted molar refractivity (Wildman–Crippen MR) is 116 cm³/mol. The van der Waals surface area contributed by atoms with Gasteiger partial charge in [0.2, 0.25) is 0 Å². The Morgan fingerprint density at radius 3 is 2.37 bits per heavy atom. The van der Waals surface area contributed by atoms with Crippen LogP contribution in [0.4, 0.5) is 11.4 Å². The molecule has 0 atom stereocenters. The van der Waals surface area contributed by atoms with Crippen molar-refractivity contribution < 1.29 is 22.7 Å². The average molecular weight is 447 g/mol. The Morgan fingerprint density at radius 1 is 0.967 bits per heavy atom. The molecule has 3 aromatic carbocycles. The summed E-state index contributed by atoms with van der Waals surface area (Å²) in [5, 5.41) is 2.94. The lowest BCUT2D eigenvalue weighted by molar-refractivity contribution is -0.118. The molecule has 9 heteroatoms. The largest absolute Gasteiger partial charge is 0.497 e. The molecular formula is C21H19ClN2O5S. The van der Waals surface area contributed by atoms with Crippen molar-refractivity contribution in [1.29, 1.82) is 0 Å². The maximum atomic E-state index is 12.5. The van der Waals surface area contributed by atoms with Crippen LogP contribution < -0.4 is 19.5 Å². The number of methoxy groups -OCH3 is 1. The first kappa shape index (κ1) is 21.5. The third-order valence-corrected chi connectivity index (χ3v) is 5.69. The van der Waals surface area contributed by atoms with Crippen molar-refractivity contribution in [2.45, 2.75) is 4.90 Å². The summed E-state index contributed by atoms with van der Waals surface area (Å²) in [5.74, 6) is 0.731. The smallest absolute Gasteiger partial charge is 0.262 e. The quantitative estimate of drug-likeness (QED) is 0.541. The van der Waals surface area contributed by atoms with E-state index in [4.69, 9.17) is 21.1 Å². The number of carbonyl (C=O) groups excluding carboxylic acids is 1. The molecule has 1 amide bonds. The van der Waals surface area contributed by atoms with Gasteiger partial charge >= 0.3 is 0 Å². The second-order valence-electron chi connectivity index (χ2n) is 6.13. The number of amides is 1. The number of rotatable bonds is 8. The number of sulfonamides is 1. The Hall–Kier alpha value is -3.23. The van der Waals surface area contributed by atoms with Gasteiger partial charge in [-0.25, -0.2) is 8.42 Å². The molecule has 30 heavy (non-hydrogen) atoms. The molecule has 3 aromatic rings. The van der Waals surface area contributed by atoms with E-state index in [1.54, 1.807) is 55.6 Å². The third-order valence-electron chi connectivity index (χ3n) is 3.98. The van der Waals surface area contributed by atoms with Crippen LogP contribution in [0.3, 0.4) is 0 Å². The number of halogens is 1. The van der Waals surface area contributed by atoms with Crippen LogP contribution in [-0.2, 0) is 14.8 Å². The SMILES string of the molecule is COc1cccc(OCC(=O)Nc2ccc(S(=O)(=O)Nc3ccccc3Cl)cc2)c1. The van der Waals surface area contributed by atoms with E-state index in [2.05, 4.69) is 10.0 Å². The minimum Gasteiger partial charge on any atom is -0.497 e. The molecule has 0 heterocycles. The molecule has 0 saturated carbocycles. The molecule has 3 rings (SSSR count). The number of para-hydroxylation sites is 1. The summed E-state index contributed by atoms with van der Waals surface area (Å²) in [6.07, 6.45) is 0. The van der Waals surface area contributed by atoms with Crippen LogP contribution in [0.25, 0.3) is 0 Å². The summed E-state index contributed by atoms with van der Waals surface area (Å²) in [6, 6.07) is 19.2. The highest BCUT2D eigenvalue weighted by molar-refractivity contribution is 7.92. The van der Waals surface area contributed by atoms with Gasteiger partial charge in [-0.15, -0.1) is 0 Å². The Kier molecular flexibility index (Phi) is 6.81. The Balaban J connectivity index is 1.59. The Bertz CT molecular complexity index is 1130. The number of nitrogens with one attached hydrogen (secondary N) is 2. The van der Waals surface area contributed by atoms with E-state index in [0.717, 1.165) is 0 Å². The molecular weight excluding hydrogens is 428 g/mol. The second-order valence-corrected chi connectivity index (χ2v) is 8.22. The number of carbonyl (C=O) groups is 1. The van der Waals surface area contributed by atoms with Crippen LogP contribution >= 0.6 is 11.6 Å². The first-order valence-corrected chi connectivity index (χ1v) is 10.7. The number of hydrogen-bond acceptors (Lipinski definition) is 5. The Labute approximate surface area is 179 Å². The van der Waals surface area contributed by atoms with Gasteiger partial charge in [-0.1, -0.05) is 29.8 Å². The van der Waals surface area contributed by atoms with Gasteiger partial charge in [-0.2, -0.15) is 0 Å². The highest BCUT2D eigenvalue weighted by Gasteiger charge is 2.16. The maximum absolute atomic E-state index is 12.5. The molecule has 156 valence electrons. The van der Waals surface area contributed by atoms with E-state index < -0.39 is 10.0 Å². The lowest BCUT2D eigenvalue weighted by Gasteiger charge is -2.11. The monoisotopic (exact) mass is 446 g/mol. The minimum absolute atomic E-state index is 0.0352. The zero-order valence-corrected chi connectivity index (χ0v) is 17.5. The van der Waals surface area contributed by atoms with E-state index in [0.29, 0.717) is 22.2 Å². The zero-order valence-electron chi connectivity index (χ0n) is 16.0. The summed E-state index contributed by atoms with van der Waals surface area (Å²) < 4.78 is 38.0. The average Bonchev–Trinajstić information content (AvgIpc) is 2.74. The van der Waals surface area contributed by atoms with Gasteiger partial charge in [0.05, 0.1) is 22.7 Å². The molecule has 0 aliphatic rings. The van der Waals surface area contributed by atoms with Crippen LogP contribution in [0.15, 0.2) is 77.7 Å². The van der Waals surface area contributed by atoms with E-state index in [-0.39, 0.29) is 23.1 Å². The highest BCUT2D eigenvalue weighted by Crippen LogP contribution is 2.24. The lowest BCUT2D eigenvalue weighted by atomic mass is 10.3. The van der Waals surface area contributed by atoms with Crippen LogP contribution in [0.5, 0.6) is 11.5 Å². The van der Waals surface area contributed by atoms with Gasteiger partial charge in [-0.05, 0) is 48.5 Å². The van der Waals surface area contributed by atoms with Crippen molar-refractivity contribution in [2.75, 3.05) is 23.8 Å².